The molecule has 1 unspecified atom stereocenters. The van der Waals surface area contributed by atoms with Gasteiger partial charge in [0.2, 0.25) is 5.82 Å². The van der Waals surface area contributed by atoms with Crippen molar-refractivity contribution in [2.75, 3.05) is 5.32 Å². The second-order valence-corrected chi connectivity index (χ2v) is 5.98. The summed E-state index contributed by atoms with van der Waals surface area (Å²) >= 11 is 5.88. The number of benzene rings is 2. The van der Waals surface area contributed by atoms with Gasteiger partial charge in [-0.3, -0.25) is 4.79 Å². The first-order valence-electron chi connectivity index (χ1n) is 7.97. The van der Waals surface area contributed by atoms with E-state index in [0.29, 0.717) is 28.5 Å². The molecule has 3 aromatic rings. The van der Waals surface area contributed by atoms with E-state index in [1.807, 2.05) is 13.0 Å². The van der Waals surface area contributed by atoms with Crippen molar-refractivity contribution in [1.29, 1.82) is 5.26 Å². The number of nitrogens with zero attached hydrogens (tertiary/aromatic N) is 5. The Balaban J connectivity index is 1.79. The largest absolute Gasteiger partial charge is 0.324 e. The predicted molar refractivity (Wildman–Crippen MR) is 97.4 cm³/mol. The summed E-state index contributed by atoms with van der Waals surface area (Å²) in [4.78, 5) is 13.9. The third kappa shape index (κ3) is 3.87. The maximum absolute atomic E-state index is 12.6. The number of hydrogen-bond donors (Lipinski definition) is 1. The van der Waals surface area contributed by atoms with Crippen molar-refractivity contribution >= 4 is 23.2 Å². The van der Waals surface area contributed by atoms with Gasteiger partial charge in [0.25, 0.3) is 5.91 Å². The smallest absolute Gasteiger partial charge is 0.251 e. The highest BCUT2D eigenvalue weighted by Gasteiger charge is 2.22. The Labute approximate surface area is 155 Å². The maximum atomic E-state index is 12.6. The first-order valence-corrected chi connectivity index (χ1v) is 8.35. The summed E-state index contributed by atoms with van der Waals surface area (Å²) in [6, 6.07) is 15.2. The second kappa shape index (κ2) is 7.76. The van der Waals surface area contributed by atoms with Crippen molar-refractivity contribution in [2.45, 2.75) is 19.4 Å². The Kier molecular flexibility index (Phi) is 5.25. The summed E-state index contributed by atoms with van der Waals surface area (Å²) in [6.45, 7) is 1.86. The van der Waals surface area contributed by atoms with Gasteiger partial charge in [0.1, 0.15) is 0 Å². The number of aromatic nitrogens is 4. The summed E-state index contributed by atoms with van der Waals surface area (Å²) in [5, 5.41) is 24.7. The molecule has 1 heterocycles. The van der Waals surface area contributed by atoms with E-state index in [-0.39, 0.29) is 5.91 Å². The van der Waals surface area contributed by atoms with Gasteiger partial charge >= 0.3 is 0 Å². The molecule has 0 saturated carbocycles. The van der Waals surface area contributed by atoms with E-state index in [4.69, 9.17) is 16.9 Å². The molecule has 0 aliphatic rings. The van der Waals surface area contributed by atoms with E-state index in [9.17, 15) is 4.79 Å². The monoisotopic (exact) mass is 366 g/mol. The van der Waals surface area contributed by atoms with Gasteiger partial charge in [-0.1, -0.05) is 24.6 Å². The molecule has 7 nitrogen and oxygen atoms in total. The van der Waals surface area contributed by atoms with Crippen LogP contribution in [0, 0.1) is 11.3 Å². The van der Waals surface area contributed by atoms with Crippen molar-refractivity contribution < 1.29 is 4.79 Å². The molecule has 130 valence electrons. The van der Waals surface area contributed by atoms with Gasteiger partial charge in [-0.15, -0.1) is 10.2 Å². The Bertz CT molecular complexity index is 960. The van der Waals surface area contributed by atoms with Crippen LogP contribution in [0.5, 0.6) is 0 Å². The molecule has 0 aliphatic heterocycles. The molecular formula is C18H15ClN6O. The van der Waals surface area contributed by atoms with Crippen molar-refractivity contribution in [3.05, 3.63) is 59.1 Å². The molecule has 26 heavy (non-hydrogen) atoms. The normalized spacial score (nSPS) is 11.6. The van der Waals surface area contributed by atoms with E-state index < -0.39 is 6.04 Å². The van der Waals surface area contributed by atoms with Gasteiger partial charge in [-0.05, 0) is 54.1 Å². The van der Waals surface area contributed by atoms with Gasteiger partial charge in [0.05, 0.1) is 11.6 Å². The van der Waals surface area contributed by atoms with Crippen LogP contribution in [0.1, 0.15) is 24.9 Å². The third-order valence-electron chi connectivity index (χ3n) is 3.76. The molecule has 0 bridgehead atoms. The minimum absolute atomic E-state index is 0.275. The zero-order valence-electron chi connectivity index (χ0n) is 13.9. The summed E-state index contributed by atoms with van der Waals surface area (Å²) in [7, 11) is 0. The first-order chi connectivity index (χ1) is 12.6. The second-order valence-electron chi connectivity index (χ2n) is 5.55. The number of anilines is 1. The van der Waals surface area contributed by atoms with Gasteiger partial charge in [0, 0.05) is 16.3 Å². The van der Waals surface area contributed by atoms with Crippen LogP contribution < -0.4 is 5.32 Å². The fraction of sp³-hybridized carbons (Fsp3) is 0.167. The number of rotatable bonds is 5. The fourth-order valence-corrected chi connectivity index (χ4v) is 2.54. The Morgan fingerprint density at radius 3 is 2.77 bits per heavy atom. The van der Waals surface area contributed by atoms with E-state index >= 15 is 0 Å². The number of nitrogens with one attached hydrogen (secondary N) is 1. The highest BCUT2D eigenvalue weighted by atomic mass is 35.5. The first kappa shape index (κ1) is 17.6. The van der Waals surface area contributed by atoms with Crippen LogP contribution in [0.3, 0.4) is 0 Å². The molecule has 0 spiro atoms. The minimum Gasteiger partial charge on any atom is -0.324 e. The van der Waals surface area contributed by atoms with E-state index in [0.717, 1.165) is 5.56 Å². The quantitative estimate of drug-likeness (QED) is 0.745. The third-order valence-corrected chi connectivity index (χ3v) is 4.01. The van der Waals surface area contributed by atoms with Crippen molar-refractivity contribution in [3.8, 4) is 17.5 Å². The SMILES string of the molecule is CCC(C(=O)Nc1cccc(C#N)c1)n1nnc(-c2ccc(Cl)cc2)n1. The Hall–Kier alpha value is -3.24. The number of halogens is 1. The summed E-state index contributed by atoms with van der Waals surface area (Å²) < 4.78 is 0. The Morgan fingerprint density at radius 2 is 2.08 bits per heavy atom. The zero-order valence-corrected chi connectivity index (χ0v) is 14.7. The lowest BCUT2D eigenvalue weighted by Gasteiger charge is -2.13. The fourth-order valence-electron chi connectivity index (χ4n) is 2.42. The number of carbonyl (C=O) groups is 1. The average molecular weight is 367 g/mol. The lowest BCUT2D eigenvalue weighted by molar-refractivity contribution is -0.119. The minimum atomic E-state index is -0.616. The number of hydrogen-bond acceptors (Lipinski definition) is 5. The topological polar surface area (TPSA) is 96.5 Å². The standard InChI is InChI=1S/C18H15ClN6O/c1-2-16(18(26)21-15-5-3-4-12(10-15)11-20)25-23-17(22-24-25)13-6-8-14(19)9-7-13/h3-10,16H,2H2,1H3,(H,21,26). The molecule has 8 heteroatoms. The number of tetrazole rings is 1. The van der Waals surface area contributed by atoms with Crippen molar-refractivity contribution in [3.63, 3.8) is 0 Å². The predicted octanol–water partition coefficient (Wildman–Crippen LogP) is 3.45. The van der Waals surface area contributed by atoms with Crippen LogP contribution in [0.25, 0.3) is 11.4 Å². The van der Waals surface area contributed by atoms with E-state index in [1.54, 1.807) is 48.5 Å². The van der Waals surface area contributed by atoms with Crippen molar-refractivity contribution in [1.82, 2.24) is 20.2 Å². The number of carbonyl (C=O) groups excluding carboxylic acids is 1. The maximum Gasteiger partial charge on any atom is 0.251 e. The van der Waals surface area contributed by atoms with E-state index in [1.165, 1.54) is 4.80 Å². The molecule has 0 aliphatic carbocycles. The molecule has 2 aromatic carbocycles. The average Bonchev–Trinajstić information content (AvgIpc) is 3.12. The summed E-state index contributed by atoms with van der Waals surface area (Å²) in [5.74, 6) is 0.141. The zero-order chi connectivity index (χ0) is 18.5. The molecule has 1 atom stereocenters. The van der Waals surface area contributed by atoms with Crippen LogP contribution in [-0.4, -0.2) is 26.1 Å². The lowest BCUT2D eigenvalue weighted by atomic mass is 10.2. The van der Waals surface area contributed by atoms with Crippen LogP contribution in [-0.2, 0) is 4.79 Å². The van der Waals surface area contributed by atoms with Crippen LogP contribution in [0.15, 0.2) is 48.5 Å². The van der Waals surface area contributed by atoms with E-state index in [2.05, 4.69) is 20.7 Å². The molecule has 0 saturated heterocycles. The Morgan fingerprint density at radius 1 is 1.31 bits per heavy atom. The number of amides is 1. The van der Waals surface area contributed by atoms with Crippen molar-refractivity contribution in [2.24, 2.45) is 0 Å². The number of nitriles is 1. The summed E-state index contributed by atoms with van der Waals surface area (Å²) in [5.41, 5.74) is 1.78. The molecule has 1 N–H and O–H groups in total. The highest BCUT2D eigenvalue weighted by molar-refractivity contribution is 6.30. The van der Waals surface area contributed by atoms with Crippen LogP contribution in [0.4, 0.5) is 5.69 Å². The molecular weight excluding hydrogens is 352 g/mol. The summed E-state index contributed by atoms with van der Waals surface area (Å²) in [6.07, 6.45) is 0.486. The highest BCUT2D eigenvalue weighted by Crippen LogP contribution is 2.19. The molecule has 1 aromatic heterocycles. The van der Waals surface area contributed by atoms with Crippen LogP contribution >= 0.6 is 11.6 Å². The molecule has 3 rings (SSSR count). The molecule has 1 amide bonds. The van der Waals surface area contributed by atoms with Gasteiger partial charge in [-0.2, -0.15) is 10.1 Å². The van der Waals surface area contributed by atoms with Crippen LogP contribution in [0.2, 0.25) is 5.02 Å². The molecule has 0 radical (unpaired) electrons. The molecule has 0 fully saturated rings. The van der Waals surface area contributed by atoms with Gasteiger partial charge < -0.3 is 5.32 Å². The lowest BCUT2D eigenvalue weighted by Crippen LogP contribution is -2.27. The van der Waals surface area contributed by atoms with Gasteiger partial charge in [0.15, 0.2) is 6.04 Å². The van der Waals surface area contributed by atoms with Gasteiger partial charge in [-0.25, -0.2) is 0 Å².